The minimum Gasteiger partial charge on any atom is -0.384 e. The van der Waals surface area contributed by atoms with Crippen LogP contribution < -0.4 is 10.6 Å². The molecule has 0 atom stereocenters. The van der Waals surface area contributed by atoms with E-state index >= 15 is 0 Å². The lowest BCUT2D eigenvalue weighted by atomic mass is 9.99. The summed E-state index contributed by atoms with van der Waals surface area (Å²) >= 11 is 0. The summed E-state index contributed by atoms with van der Waals surface area (Å²) in [7, 11) is 2.13. The zero-order valence-corrected chi connectivity index (χ0v) is 10.4. The third-order valence-electron chi connectivity index (χ3n) is 3.37. The van der Waals surface area contributed by atoms with Crippen LogP contribution in [0, 0.1) is 0 Å². The van der Waals surface area contributed by atoms with Crippen molar-refractivity contribution in [2.75, 3.05) is 24.2 Å². The molecule has 0 radical (unpaired) electrons. The van der Waals surface area contributed by atoms with E-state index in [0.29, 0.717) is 11.6 Å². The molecule has 0 bridgehead atoms. The van der Waals surface area contributed by atoms with Gasteiger partial charge in [0.2, 0.25) is 0 Å². The quantitative estimate of drug-likeness (QED) is 0.829. The van der Waals surface area contributed by atoms with Gasteiger partial charge >= 0.3 is 0 Å². The largest absolute Gasteiger partial charge is 0.384 e. The molecule has 0 saturated carbocycles. The molecule has 1 aliphatic heterocycles. The van der Waals surface area contributed by atoms with Gasteiger partial charge in [0.15, 0.2) is 5.82 Å². The molecule has 18 heavy (non-hydrogen) atoms. The van der Waals surface area contributed by atoms with Crippen molar-refractivity contribution in [2.24, 2.45) is 0 Å². The summed E-state index contributed by atoms with van der Waals surface area (Å²) in [6.07, 6.45) is 4.02. The highest BCUT2D eigenvalue weighted by Gasteiger charge is 2.14. The van der Waals surface area contributed by atoms with Gasteiger partial charge in [-0.25, -0.2) is 9.97 Å². The molecule has 0 saturated heterocycles. The molecule has 1 aliphatic rings. The van der Waals surface area contributed by atoms with Crippen LogP contribution >= 0.6 is 0 Å². The first kappa shape index (κ1) is 11.0. The first-order valence-corrected chi connectivity index (χ1v) is 6.17. The van der Waals surface area contributed by atoms with E-state index in [0.717, 1.165) is 18.5 Å². The number of aryl methyl sites for hydroxylation is 1. The molecule has 2 aromatic rings. The fourth-order valence-electron chi connectivity index (χ4n) is 2.44. The maximum atomic E-state index is 5.70. The van der Waals surface area contributed by atoms with Crippen LogP contribution in [0.1, 0.15) is 12.0 Å². The van der Waals surface area contributed by atoms with Crippen molar-refractivity contribution in [1.29, 1.82) is 0 Å². The van der Waals surface area contributed by atoms with Crippen molar-refractivity contribution in [2.45, 2.75) is 12.8 Å². The first-order valence-electron chi connectivity index (χ1n) is 6.17. The molecule has 1 aromatic heterocycles. The Morgan fingerprint density at radius 2 is 2.17 bits per heavy atom. The summed E-state index contributed by atoms with van der Waals surface area (Å²) in [4.78, 5) is 10.8. The van der Waals surface area contributed by atoms with Gasteiger partial charge in [-0.3, -0.25) is 0 Å². The van der Waals surface area contributed by atoms with Gasteiger partial charge in [-0.2, -0.15) is 0 Å². The maximum Gasteiger partial charge on any atom is 0.161 e. The third kappa shape index (κ3) is 1.90. The van der Waals surface area contributed by atoms with Crippen LogP contribution in [0.4, 0.5) is 11.5 Å². The number of benzene rings is 1. The van der Waals surface area contributed by atoms with E-state index in [1.807, 2.05) is 0 Å². The van der Waals surface area contributed by atoms with Crippen LogP contribution in [0.5, 0.6) is 0 Å². The molecule has 0 unspecified atom stereocenters. The smallest absolute Gasteiger partial charge is 0.161 e. The van der Waals surface area contributed by atoms with Gasteiger partial charge in [0.05, 0.1) is 0 Å². The Hall–Kier alpha value is -2.10. The molecule has 92 valence electrons. The Kier molecular flexibility index (Phi) is 2.63. The Bertz CT molecular complexity index is 580. The summed E-state index contributed by atoms with van der Waals surface area (Å²) < 4.78 is 0. The Labute approximate surface area is 106 Å². The van der Waals surface area contributed by atoms with Crippen LogP contribution in [-0.4, -0.2) is 23.6 Å². The highest BCUT2D eigenvalue weighted by atomic mass is 15.1. The van der Waals surface area contributed by atoms with Crippen LogP contribution in [-0.2, 0) is 6.42 Å². The Balaban J connectivity index is 2.04. The van der Waals surface area contributed by atoms with Crippen LogP contribution in [0.2, 0.25) is 0 Å². The van der Waals surface area contributed by atoms with Gasteiger partial charge in [0.25, 0.3) is 0 Å². The fourth-order valence-corrected chi connectivity index (χ4v) is 2.44. The van der Waals surface area contributed by atoms with E-state index in [1.165, 1.54) is 17.7 Å². The molecule has 4 heteroatoms. The topological polar surface area (TPSA) is 55.0 Å². The molecule has 0 amide bonds. The van der Waals surface area contributed by atoms with Gasteiger partial charge in [-0.15, -0.1) is 0 Å². The third-order valence-corrected chi connectivity index (χ3v) is 3.37. The lowest BCUT2D eigenvalue weighted by Gasteiger charge is -2.27. The van der Waals surface area contributed by atoms with Gasteiger partial charge < -0.3 is 10.6 Å². The second-order valence-electron chi connectivity index (χ2n) is 4.67. The minimum absolute atomic E-state index is 0.509. The first-order chi connectivity index (χ1) is 8.74. The summed E-state index contributed by atoms with van der Waals surface area (Å²) in [6.45, 7) is 1.13. The van der Waals surface area contributed by atoms with Gasteiger partial charge in [0.1, 0.15) is 5.82 Å². The average Bonchev–Trinajstić information content (AvgIpc) is 2.39. The lowest BCUT2D eigenvalue weighted by Crippen LogP contribution is -2.24. The number of nitrogen functional groups attached to an aromatic ring is 1. The number of aromatic nitrogens is 2. The molecular weight excluding hydrogens is 224 g/mol. The van der Waals surface area contributed by atoms with Crippen molar-refractivity contribution in [3.05, 3.63) is 36.0 Å². The molecular formula is C14H16N4. The zero-order valence-electron chi connectivity index (χ0n) is 10.4. The Morgan fingerprint density at radius 1 is 1.28 bits per heavy atom. The van der Waals surface area contributed by atoms with Crippen molar-refractivity contribution >= 4 is 11.5 Å². The van der Waals surface area contributed by atoms with Crippen LogP contribution in [0.3, 0.4) is 0 Å². The molecule has 2 N–H and O–H groups in total. The SMILES string of the molecule is CN1CCCc2cc(-c3nccc(N)n3)ccc21. The van der Waals surface area contributed by atoms with Crippen LogP contribution in [0.25, 0.3) is 11.4 Å². The van der Waals surface area contributed by atoms with E-state index in [1.54, 1.807) is 12.3 Å². The minimum atomic E-state index is 0.509. The summed E-state index contributed by atoms with van der Waals surface area (Å²) in [6, 6.07) is 8.10. The monoisotopic (exact) mass is 240 g/mol. The number of anilines is 2. The van der Waals surface area contributed by atoms with Crippen molar-refractivity contribution in [3.8, 4) is 11.4 Å². The van der Waals surface area contributed by atoms with Gasteiger partial charge in [-0.05, 0) is 42.7 Å². The fraction of sp³-hybridized carbons (Fsp3) is 0.286. The van der Waals surface area contributed by atoms with Crippen molar-refractivity contribution in [1.82, 2.24) is 9.97 Å². The zero-order chi connectivity index (χ0) is 12.5. The average molecular weight is 240 g/mol. The standard InChI is InChI=1S/C14H16N4/c1-18-8-2-3-10-9-11(4-5-12(10)18)14-16-7-6-13(15)17-14/h4-7,9H,2-3,8H2,1H3,(H2,15,16,17). The molecule has 3 rings (SSSR count). The Morgan fingerprint density at radius 3 is 3.00 bits per heavy atom. The predicted octanol–water partition coefficient (Wildman–Crippen LogP) is 2.11. The summed E-state index contributed by atoms with van der Waals surface area (Å²) in [5.41, 5.74) is 9.42. The molecule has 2 heterocycles. The number of fused-ring (bicyclic) bond motifs is 1. The number of hydrogen-bond donors (Lipinski definition) is 1. The van der Waals surface area contributed by atoms with Crippen molar-refractivity contribution in [3.63, 3.8) is 0 Å². The van der Waals surface area contributed by atoms with E-state index in [4.69, 9.17) is 5.73 Å². The molecule has 0 aliphatic carbocycles. The lowest BCUT2D eigenvalue weighted by molar-refractivity contribution is 0.744. The second-order valence-corrected chi connectivity index (χ2v) is 4.67. The number of nitrogens with zero attached hydrogens (tertiary/aromatic N) is 3. The van der Waals surface area contributed by atoms with E-state index in [-0.39, 0.29) is 0 Å². The highest BCUT2D eigenvalue weighted by Crippen LogP contribution is 2.29. The molecule has 4 nitrogen and oxygen atoms in total. The number of rotatable bonds is 1. The highest BCUT2D eigenvalue weighted by molar-refractivity contribution is 5.65. The number of hydrogen-bond acceptors (Lipinski definition) is 4. The van der Waals surface area contributed by atoms with Gasteiger partial charge in [0, 0.05) is 31.0 Å². The van der Waals surface area contributed by atoms with Crippen LogP contribution in [0.15, 0.2) is 30.5 Å². The summed E-state index contributed by atoms with van der Waals surface area (Å²) in [5, 5.41) is 0. The van der Waals surface area contributed by atoms with E-state index in [2.05, 4.69) is 40.1 Å². The molecule has 1 aromatic carbocycles. The molecule has 0 fully saturated rings. The van der Waals surface area contributed by atoms with Gasteiger partial charge in [-0.1, -0.05) is 0 Å². The second kappa shape index (κ2) is 4.29. The summed E-state index contributed by atoms with van der Waals surface area (Å²) in [5.74, 6) is 1.21. The van der Waals surface area contributed by atoms with E-state index < -0.39 is 0 Å². The normalized spacial score (nSPS) is 14.4. The maximum absolute atomic E-state index is 5.70. The predicted molar refractivity (Wildman–Crippen MR) is 73.5 cm³/mol. The van der Waals surface area contributed by atoms with Crippen molar-refractivity contribution < 1.29 is 0 Å². The van der Waals surface area contributed by atoms with E-state index in [9.17, 15) is 0 Å². The number of nitrogens with two attached hydrogens (primary N) is 1. The molecule has 0 spiro atoms.